The van der Waals surface area contributed by atoms with Crippen LogP contribution in [-0.2, 0) is 16.0 Å². The number of methoxy groups -OCH3 is 1. The fraction of sp³-hybridized carbons (Fsp3) is 0.176. The third kappa shape index (κ3) is 4.96. The van der Waals surface area contributed by atoms with Crippen molar-refractivity contribution in [2.24, 2.45) is 0 Å². The summed E-state index contributed by atoms with van der Waals surface area (Å²) in [4.78, 5) is 23.5. The van der Waals surface area contributed by atoms with Crippen molar-refractivity contribution in [3.63, 3.8) is 0 Å². The maximum absolute atomic E-state index is 13.6. The Morgan fingerprint density at radius 3 is 2.46 bits per heavy atom. The summed E-state index contributed by atoms with van der Waals surface area (Å²) in [5.41, 5.74) is 0.884. The van der Waals surface area contributed by atoms with E-state index in [0.717, 1.165) is 17.4 Å². The SMILES string of the molecule is COc1ccc(CCNC(=O)C(=O)Nc2ccc(Cl)cc2F)cc1. The number of benzene rings is 2. The van der Waals surface area contributed by atoms with E-state index in [0.29, 0.717) is 6.42 Å². The van der Waals surface area contributed by atoms with Gasteiger partial charge in [0.2, 0.25) is 0 Å². The molecule has 0 fully saturated rings. The van der Waals surface area contributed by atoms with Crippen molar-refractivity contribution < 1.29 is 18.7 Å². The van der Waals surface area contributed by atoms with Crippen molar-refractivity contribution in [1.29, 1.82) is 0 Å². The first-order valence-corrected chi connectivity index (χ1v) is 7.54. The molecule has 0 unspecified atom stereocenters. The van der Waals surface area contributed by atoms with E-state index < -0.39 is 17.6 Å². The topological polar surface area (TPSA) is 67.4 Å². The standard InChI is InChI=1S/C17H16ClFN2O3/c1-24-13-5-2-11(3-6-13)8-9-20-16(22)17(23)21-15-7-4-12(18)10-14(15)19/h2-7,10H,8-9H2,1H3,(H,20,22)(H,21,23). The van der Waals surface area contributed by atoms with Gasteiger partial charge in [0, 0.05) is 11.6 Å². The molecule has 2 aromatic rings. The Labute approximate surface area is 143 Å². The van der Waals surface area contributed by atoms with Gasteiger partial charge >= 0.3 is 11.8 Å². The molecule has 0 aliphatic rings. The highest BCUT2D eigenvalue weighted by molar-refractivity contribution is 6.39. The Morgan fingerprint density at radius 1 is 1.12 bits per heavy atom. The number of rotatable bonds is 5. The molecule has 2 N–H and O–H groups in total. The average molecular weight is 351 g/mol. The van der Waals surface area contributed by atoms with E-state index >= 15 is 0 Å². The van der Waals surface area contributed by atoms with Crippen LogP contribution in [0.15, 0.2) is 42.5 Å². The number of anilines is 1. The minimum Gasteiger partial charge on any atom is -0.497 e. The number of halogens is 2. The second-order valence-corrected chi connectivity index (χ2v) is 5.37. The largest absolute Gasteiger partial charge is 0.497 e. The van der Waals surface area contributed by atoms with Gasteiger partial charge in [-0.25, -0.2) is 4.39 Å². The minimum absolute atomic E-state index is 0.102. The second-order valence-electron chi connectivity index (χ2n) is 4.93. The van der Waals surface area contributed by atoms with Crippen LogP contribution in [-0.4, -0.2) is 25.5 Å². The number of amides is 2. The summed E-state index contributed by atoms with van der Waals surface area (Å²) in [6, 6.07) is 11.1. The van der Waals surface area contributed by atoms with Crippen LogP contribution < -0.4 is 15.4 Å². The molecule has 2 aromatic carbocycles. The molecule has 0 aliphatic carbocycles. The molecule has 7 heteroatoms. The van der Waals surface area contributed by atoms with E-state index in [1.54, 1.807) is 7.11 Å². The lowest BCUT2D eigenvalue weighted by molar-refractivity contribution is -0.136. The van der Waals surface area contributed by atoms with Gasteiger partial charge in [-0.3, -0.25) is 9.59 Å². The Balaban J connectivity index is 1.81. The molecule has 126 valence electrons. The van der Waals surface area contributed by atoms with Gasteiger partial charge in [0.15, 0.2) is 0 Å². The zero-order chi connectivity index (χ0) is 17.5. The molecule has 0 radical (unpaired) electrons. The maximum Gasteiger partial charge on any atom is 0.313 e. The Bertz CT molecular complexity index is 735. The van der Waals surface area contributed by atoms with Crippen molar-refractivity contribution >= 4 is 29.1 Å². The first kappa shape index (κ1) is 17.7. The van der Waals surface area contributed by atoms with Crippen LogP contribution in [0.2, 0.25) is 5.02 Å². The normalized spacial score (nSPS) is 10.1. The predicted molar refractivity (Wildman–Crippen MR) is 89.7 cm³/mol. The van der Waals surface area contributed by atoms with Gasteiger partial charge in [0.25, 0.3) is 0 Å². The molecule has 0 aromatic heterocycles. The molecule has 0 heterocycles. The fourth-order valence-electron chi connectivity index (χ4n) is 1.96. The number of hydrogen-bond acceptors (Lipinski definition) is 3. The molecule has 2 rings (SSSR count). The average Bonchev–Trinajstić information content (AvgIpc) is 2.57. The highest BCUT2D eigenvalue weighted by atomic mass is 35.5. The summed E-state index contributed by atoms with van der Waals surface area (Å²) in [6.45, 7) is 0.279. The van der Waals surface area contributed by atoms with E-state index in [1.165, 1.54) is 12.1 Å². The molecule has 5 nitrogen and oxygen atoms in total. The molecule has 0 aliphatic heterocycles. The smallest absolute Gasteiger partial charge is 0.313 e. The van der Waals surface area contributed by atoms with Crippen LogP contribution in [0.25, 0.3) is 0 Å². The molecule has 0 bridgehead atoms. The summed E-state index contributed by atoms with van der Waals surface area (Å²) >= 11 is 5.62. The van der Waals surface area contributed by atoms with Crippen LogP contribution in [0.1, 0.15) is 5.56 Å². The van der Waals surface area contributed by atoms with E-state index in [-0.39, 0.29) is 17.3 Å². The lowest BCUT2D eigenvalue weighted by atomic mass is 10.1. The number of hydrogen-bond donors (Lipinski definition) is 2. The summed E-state index contributed by atoms with van der Waals surface area (Å²) in [7, 11) is 1.58. The fourth-order valence-corrected chi connectivity index (χ4v) is 2.12. The number of carbonyl (C=O) groups is 2. The highest BCUT2D eigenvalue weighted by Gasteiger charge is 2.15. The summed E-state index contributed by atoms with van der Waals surface area (Å²) < 4.78 is 18.6. The first-order chi connectivity index (χ1) is 11.5. The molecular weight excluding hydrogens is 335 g/mol. The van der Waals surface area contributed by atoms with Gasteiger partial charge in [-0.15, -0.1) is 0 Å². The third-order valence-corrected chi connectivity index (χ3v) is 3.48. The molecule has 0 atom stereocenters. The maximum atomic E-state index is 13.6. The van der Waals surface area contributed by atoms with Gasteiger partial charge in [-0.05, 0) is 42.3 Å². The number of carbonyl (C=O) groups excluding carboxylic acids is 2. The van der Waals surface area contributed by atoms with Crippen LogP contribution in [0, 0.1) is 5.82 Å². The Kier molecular flexibility index (Phi) is 6.14. The highest BCUT2D eigenvalue weighted by Crippen LogP contribution is 2.18. The van der Waals surface area contributed by atoms with E-state index in [2.05, 4.69) is 10.6 Å². The van der Waals surface area contributed by atoms with Crippen molar-refractivity contribution in [2.75, 3.05) is 19.0 Å². The Morgan fingerprint density at radius 2 is 1.83 bits per heavy atom. The third-order valence-electron chi connectivity index (χ3n) is 3.24. The zero-order valence-electron chi connectivity index (χ0n) is 12.9. The molecule has 0 saturated heterocycles. The van der Waals surface area contributed by atoms with Crippen LogP contribution in [0.3, 0.4) is 0 Å². The summed E-state index contributed by atoms with van der Waals surface area (Å²) in [6.07, 6.45) is 0.554. The molecular formula is C17H16ClFN2O3. The molecule has 24 heavy (non-hydrogen) atoms. The minimum atomic E-state index is -0.939. The predicted octanol–water partition coefficient (Wildman–Crippen LogP) is 2.79. The van der Waals surface area contributed by atoms with Gasteiger partial charge in [0.05, 0.1) is 12.8 Å². The lowest BCUT2D eigenvalue weighted by Gasteiger charge is -2.08. The second kappa shape index (κ2) is 8.31. The van der Waals surface area contributed by atoms with Crippen molar-refractivity contribution in [2.45, 2.75) is 6.42 Å². The van der Waals surface area contributed by atoms with Crippen molar-refractivity contribution in [3.8, 4) is 5.75 Å². The monoisotopic (exact) mass is 350 g/mol. The quantitative estimate of drug-likeness (QED) is 0.815. The lowest BCUT2D eigenvalue weighted by Crippen LogP contribution is -2.36. The zero-order valence-corrected chi connectivity index (χ0v) is 13.7. The van der Waals surface area contributed by atoms with E-state index in [4.69, 9.17) is 16.3 Å². The Hall–Kier alpha value is -2.60. The van der Waals surface area contributed by atoms with Gasteiger partial charge in [0.1, 0.15) is 11.6 Å². The van der Waals surface area contributed by atoms with E-state index in [9.17, 15) is 14.0 Å². The first-order valence-electron chi connectivity index (χ1n) is 7.17. The summed E-state index contributed by atoms with van der Waals surface area (Å²) in [5, 5.41) is 4.88. The van der Waals surface area contributed by atoms with E-state index in [1.807, 2.05) is 24.3 Å². The number of ether oxygens (including phenoxy) is 1. The molecule has 0 spiro atoms. The van der Waals surface area contributed by atoms with Gasteiger partial charge in [-0.1, -0.05) is 23.7 Å². The molecule has 2 amide bonds. The van der Waals surface area contributed by atoms with Gasteiger partial charge in [-0.2, -0.15) is 0 Å². The van der Waals surface area contributed by atoms with Crippen LogP contribution in [0.5, 0.6) is 5.75 Å². The van der Waals surface area contributed by atoms with Crippen LogP contribution in [0.4, 0.5) is 10.1 Å². The van der Waals surface area contributed by atoms with Crippen molar-refractivity contribution in [3.05, 3.63) is 58.9 Å². The van der Waals surface area contributed by atoms with Crippen molar-refractivity contribution in [1.82, 2.24) is 5.32 Å². The number of nitrogens with one attached hydrogen (secondary N) is 2. The van der Waals surface area contributed by atoms with Crippen LogP contribution >= 0.6 is 11.6 Å². The molecule has 0 saturated carbocycles. The van der Waals surface area contributed by atoms with Gasteiger partial charge < -0.3 is 15.4 Å². The summed E-state index contributed by atoms with van der Waals surface area (Å²) in [5.74, 6) is -1.74.